The molecular formula is C12H15FO2. The second kappa shape index (κ2) is 4.91. The number of aliphatic carboxylic acids is 1. The van der Waals surface area contributed by atoms with Gasteiger partial charge in [-0.25, -0.2) is 4.39 Å². The first-order valence-corrected chi connectivity index (χ1v) is 4.99. The van der Waals surface area contributed by atoms with Crippen LogP contribution in [0.3, 0.4) is 0 Å². The van der Waals surface area contributed by atoms with Crippen LogP contribution < -0.4 is 0 Å². The summed E-state index contributed by atoms with van der Waals surface area (Å²) in [5.74, 6) is -1.62. The minimum absolute atomic E-state index is 0.273. The fourth-order valence-corrected chi connectivity index (χ4v) is 1.57. The predicted molar refractivity (Wildman–Crippen MR) is 56.2 cm³/mol. The highest BCUT2D eigenvalue weighted by atomic mass is 19.1. The molecule has 0 aliphatic carbocycles. The van der Waals surface area contributed by atoms with E-state index in [4.69, 9.17) is 5.11 Å². The van der Waals surface area contributed by atoms with Gasteiger partial charge < -0.3 is 5.11 Å². The normalized spacial score (nSPS) is 12.8. The molecule has 0 heterocycles. The van der Waals surface area contributed by atoms with Crippen molar-refractivity contribution in [3.05, 3.63) is 35.6 Å². The van der Waals surface area contributed by atoms with Gasteiger partial charge in [0, 0.05) is 0 Å². The molecule has 15 heavy (non-hydrogen) atoms. The molecule has 0 radical (unpaired) electrons. The third kappa shape index (κ3) is 3.35. The molecule has 3 heteroatoms. The Morgan fingerprint density at radius 2 is 2.13 bits per heavy atom. The first-order valence-electron chi connectivity index (χ1n) is 4.99. The molecule has 0 aliphatic rings. The Kier molecular flexibility index (Phi) is 3.83. The average Bonchev–Trinajstić information content (AvgIpc) is 2.13. The maximum absolute atomic E-state index is 12.9. The lowest BCUT2D eigenvalue weighted by Gasteiger charge is -2.14. The zero-order valence-corrected chi connectivity index (χ0v) is 8.90. The summed E-state index contributed by atoms with van der Waals surface area (Å²) in [5, 5.41) is 9.04. The molecule has 2 nitrogen and oxygen atoms in total. The molecule has 0 spiro atoms. The van der Waals surface area contributed by atoms with Crippen molar-refractivity contribution < 1.29 is 14.3 Å². The molecule has 0 fully saturated rings. The van der Waals surface area contributed by atoms with Crippen molar-refractivity contribution in [1.29, 1.82) is 0 Å². The molecular weight excluding hydrogens is 195 g/mol. The molecule has 0 bridgehead atoms. The number of rotatable bonds is 4. The maximum Gasteiger partial charge on any atom is 0.310 e. The lowest BCUT2D eigenvalue weighted by Crippen LogP contribution is -2.14. The van der Waals surface area contributed by atoms with E-state index >= 15 is 0 Å². The Morgan fingerprint density at radius 3 is 2.60 bits per heavy atom. The Hall–Kier alpha value is -1.38. The number of benzene rings is 1. The summed E-state index contributed by atoms with van der Waals surface area (Å²) in [5.41, 5.74) is 0.538. The van der Waals surface area contributed by atoms with Crippen LogP contribution in [0.25, 0.3) is 0 Å². The van der Waals surface area contributed by atoms with Crippen LogP contribution in [-0.2, 0) is 4.79 Å². The fourth-order valence-electron chi connectivity index (χ4n) is 1.57. The van der Waals surface area contributed by atoms with E-state index < -0.39 is 11.9 Å². The summed E-state index contributed by atoms with van der Waals surface area (Å²) < 4.78 is 12.9. The molecule has 0 saturated heterocycles. The van der Waals surface area contributed by atoms with E-state index in [1.54, 1.807) is 12.1 Å². The number of hydrogen-bond donors (Lipinski definition) is 1. The molecule has 1 rings (SSSR count). The zero-order valence-electron chi connectivity index (χ0n) is 8.90. The number of carboxylic acid groups (broad SMARTS) is 1. The highest BCUT2D eigenvalue weighted by Gasteiger charge is 2.21. The van der Waals surface area contributed by atoms with E-state index in [0.717, 1.165) is 0 Å². The summed E-state index contributed by atoms with van der Waals surface area (Å²) in [6.07, 6.45) is 0.527. The first-order chi connectivity index (χ1) is 7.00. The lowest BCUT2D eigenvalue weighted by molar-refractivity contribution is -0.139. The molecule has 0 aliphatic heterocycles. The number of hydrogen-bond acceptors (Lipinski definition) is 1. The molecule has 0 aromatic heterocycles. The highest BCUT2D eigenvalue weighted by Crippen LogP contribution is 2.24. The third-order valence-corrected chi connectivity index (χ3v) is 2.26. The molecule has 1 unspecified atom stereocenters. The molecule has 0 amide bonds. The maximum atomic E-state index is 12.9. The van der Waals surface area contributed by atoms with Crippen LogP contribution in [0.15, 0.2) is 24.3 Å². The van der Waals surface area contributed by atoms with E-state index in [1.807, 2.05) is 13.8 Å². The van der Waals surface area contributed by atoms with Gasteiger partial charge in [-0.3, -0.25) is 4.79 Å². The molecule has 1 N–H and O–H groups in total. The molecule has 1 aromatic rings. The SMILES string of the molecule is CC(C)CC(C(=O)O)c1cccc(F)c1. The van der Waals surface area contributed by atoms with Crippen molar-refractivity contribution in [1.82, 2.24) is 0 Å². The Labute approximate surface area is 88.7 Å². The summed E-state index contributed by atoms with van der Waals surface area (Å²) in [6, 6.07) is 5.81. The van der Waals surface area contributed by atoms with Crippen LogP contribution in [0.5, 0.6) is 0 Å². The van der Waals surface area contributed by atoms with Gasteiger partial charge in [0.1, 0.15) is 5.82 Å². The quantitative estimate of drug-likeness (QED) is 0.829. The average molecular weight is 210 g/mol. The van der Waals surface area contributed by atoms with Crippen LogP contribution >= 0.6 is 0 Å². The Balaban J connectivity index is 2.94. The number of carbonyl (C=O) groups is 1. The van der Waals surface area contributed by atoms with Gasteiger partial charge in [-0.2, -0.15) is 0 Å². The Morgan fingerprint density at radius 1 is 1.47 bits per heavy atom. The number of carboxylic acids is 1. The van der Waals surface area contributed by atoms with Gasteiger partial charge in [0.2, 0.25) is 0 Å². The van der Waals surface area contributed by atoms with Crippen molar-refractivity contribution in [2.24, 2.45) is 5.92 Å². The minimum Gasteiger partial charge on any atom is -0.481 e. The van der Waals surface area contributed by atoms with Gasteiger partial charge in [-0.15, -0.1) is 0 Å². The standard InChI is InChI=1S/C12H15FO2/c1-8(2)6-11(12(14)15)9-4-3-5-10(13)7-9/h3-5,7-8,11H,6H2,1-2H3,(H,14,15). The molecule has 1 aromatic carbocycles. The monoisotopic (exact) mass is 210 g/mol. The van der Waals surface area contributed by atoms with E-state index in [-0.39, 0.29) is 11.7 Å². The van der Waals surface area contributed by atoms with Crippen LogP contribution in [-0.4, -0.2) is 11.1 Å². The molecule has 82 valence electrons. The van der Waals surface area contributed by atoms with Crippen molar-refractivity contribution in [3.8, 4) is 0 Å². The summed E-state index contributed by atoms with van der Waals surface area (Å²) in [7, 11) is 0. The van der Waals surface area contributed by atoms with Gasteiger partial charge in [0.05, 0.1) is 5.92 Å². The van der Waals surface area contributed by atoms with Crippen molar-refractivity contribution in [3.63, 3.8) is 0 Å². The lowest BCUT2D eigenvalue weighted by atomic mass is 9.90. The van der Waals surface area contributed by atoms with Crippen molar-refractivity contribution >= 4 is 5.97 Å². The Bertz CT molecular complexity index is 347. The minimum atomic E-state index is -0.894. The third-order valence-electron chi connectivity index (χ3n) is 2.26. The first kappa shape index (κ1) is 11.7. The van der Waals surface area contributed by atoms with Crippen LogP contribution in [0.2, 0.25) is 0 Å². The largest absolute Gasteiger partial charge is 0.481 e. The van der Waals surface area contributed by atoms with Gasteiger partial charge >= 0.3 is 5.97 Å². The smallest absolute Gasteiger partial charge is 0.310 e. The van der Waals surface area contributed by atoms with E-state index in [1.165, 1.54) is 12.1 Å². The van der Waals surface area contributed by atoms with Crippen LogP contribution in [0.4, 0.5) is 4.39 Å². The highest BCUT2D eigenvalue weighted by molar-refractivity contribution is 5.76. The van der Waals surface area contributed by atoms with Gasteiger partial charge in [0.15, 0.2) is 0 Å². The van der Waals surface area contributed by atoms with Crippen molar-refractivity contribution in [2.75, 3.05) is 0 Å². The fraction of sp³-hybridized carbons (Fsp3) is 0.417. The predicted octanol–water partition coefficient (Wildman–Crippen LogP) is 3.04. The summed E-state index contributed by atoms with van der Waals surface area (Å²) >= 11 is 0. The van der Waals surface area contributed by atoms with E-state index in [9.17, 15) is 9.18 Å². The van der Waals surface area contributed by atoms with Gasteiger partial charge in [-0.1, -0.05) is 26.0 Å². The second-order valence-corrected chi connectivity index (χ2v) is 4.08. The molecule has 0 saturated carbocycles. The second-order valence-electron chi connectivity index (χ2n) is 4.08. The number of halogens is 1. The summed E-state index contributed by atoms with van der Waals surface area (Å²) in [6.45, 7) is 3.91. The van der Waals surface area contributed by atoms with Gasteiger partial charge in [0.25, 0.3) is 0 Å². The summed E-state index contributed by atoms with van der Waals surface area (Å²) in [4.78, 5) is 11.0. The van der Waals surface area contributed by atoms with Gasteiger partial charge in [-0.05, 0) is 30.0 Å². The molecule has 1 atom stereocenters. The topological polar surface area (TPSA) is 37.3 Å². The van der Waals surface area contributed by atoms with Crippen LogP contribution in [0, 0.1) is 11.7 Å². The van der Waals surface area contributed by atoms with E-state index in [2.05, 4.69) is 0 Å². The van der Waals surface area contributed by atoms with E-state index in [0.29, 0.717) is 12.0 Å². The van der Waals surface area contributed by atoms with Crippen LogP contribution in [0.1, 0.15) is 31.7 Å². The zero-order chi connectivity index (χ0) is 11.4. The van der Waals surface area contributed by atoms with Crippen molar-refractivity contribution in [2.45, 2.75) is 26.2 Å².